The summed E-state index contributed by atoms with van der Waals surface area (Å²) >= 11 is 0. The number of hydrogen-bond acceptors (Lipinski definition) is 3. The van der Waals surface area contributed by atoms with Crippen molar-refractivity contribution in [3.63, 3.8) is 0 Å². The van der Waals surface area contributed by atoms with E-state index in [2.05, 4.69) is 15.7 Å². The van der Waals surface area contributed by atoms with Gasteiger partial charge in [0.15, 0.2) is 0 Å². The zero-order valence-corrected chi connectivity index (χ0v) is 15.8. The van der Waals surface area contributed by atoms with Gasteiger partial charge in [0, 0.05) is 18.7 Å². The van der Waals surface area contributed by atoms with E-state index in [9.17, 15) is 14.0 Å². The summed E-state index contributed by atoms with van der Waals surface area (Å²) in [6.45, 7) is 0.931. The van der Waals surface area contributed by atoms with Crippen LogP contribution in [-0.2, 0) is 30.7 Å². The van der Waals surface area contributed by atoms with Gasteiger partial charge in [-0.2, -0.15) is 5.10 Å². The van der Waals surface area contributed by atoms with Gasteiger partial charge < -0.3 is 10.6 Å². The Balaban J connectivity index is 1.29. The highest BCUT2D eigenvalue weighted by molar-refractivity contribution is 5.92. The highest BCUT2D eigenvalue weighted by atomic mass is 19.1. The van der Waals surface area contributed by atoms with Gasteiger partial charge in [-0.05, 0) is 23.3 Å². The standard InChI is InChI=1S/C22H21FN4O2/c23-19-9-5-4-8-16(19)10-21(28)25-17-11-18-12-20(26-27(18)14-17)22(29)24-13-15-6-2-1-3-7-15/h1-9,12,17H,10-11,13-14H2,(H,24,29)(H,25,28). The van der Waals surface area contributed by atoms with Crippen LogP contribution in [0, 0.1) is 5.82 Å². The Hall–Kier alpha value is -3.48. The number of nitrogens with zero attached hydrogens (tertiary/aromatic N) is 2. The van der Waals surface area contributed by atoms with E-state index < -0.39 is 0 Å². The normalized spacial score (nSPS) is 15.0. The van der Waals surface area contributed by atoms with E-state index in [-0.39, 0.29) is 30.1 Å². The molecule has 29 heavy (non-hydrogen) atoms. The first-order valence-corrected chi connectivity index (χ1v) is 9.50. The Labute approximate surface area is 167 Å². The molecular formula is C22H21FN4O2. The Morgan fingerprint density at radius 1 is 1.10 bits per heavy atom. The van der Waals surface area contributed by atoms with E-state index >= 15 is 0 Å². The monoisotopic (exact) mass is 392 g/mol. The van der Waals surface area contributed by atoms with Crippen LogP contribution in [0.1, 0.15) is 27.3 Å². The van der Waals surface area contributed by atoms with Crippen molar-refractivity contribution in [2.45, 2.75) is 32.0 Å². The second-order valence-corrected chi connectivity index (χ2v) is 7.11. The molecule has 2 heterocycles. The van der Waals surface area contributed by atoms with E-state index in [1.54, 1.807) is 28.9 Å². The Bertz CT molecular complexity index is 1010. The SMILES string of the molecule is O=C(Cc1ccccc1F)NC1Cc2cc(C(=O)NCc3ccccc3)nn2C1. The fourth-order valence-electron chi connectivity index (χ4n) is 3.47. The third kappa shape index (κ3) is 4.51. The average molecular weight is 392 g/mol. The summed E-state index contributed by atoms with van der Waals surface area (Å²) in [5.74, 6) is -0.837. The summed E-state index contributed by atoms with van der Waals surface area (Å²) in [7, 11) is 0. The van der Waals surface area contributed by atoms with E-state index in [0.717, 1.165) is 11.3 Å². The zero-order chi connectivity index (χ0) is 20.2. The van der Waals surface area contributed by atoms with Crippen LogP contribution < -0.4 is 10.6 Å². The highest BCUT2D eigenvalue weighted by Crippen LogP contribution is 2.17. The largest absolute Gasteiger partial charge is 0.351 e. The molecule has 7 heteroatoms. The van der Waals surface area contributed by atoms with Gasteiger partial charge in [0.2, 0.25) is 5.91 Å². The van der Waals surface area contributed by atoms with Crippen LogP contribution in [0.4, 0.5) is 4.39 Å². The van der Waals surface area contributed by atoms with Gasteiger partial charge in [0.05, 0.1) is 19.0 Å². The number of aromatic nitrogens is 2. The van der Waals surface area contributed by atoms with Crippen molar-refractivity contribution in [2.75, 3.05) is 0 Å². The molecular weight excluding hydrogens is 371 g/mol. The lowest BCUT2D eigenvalue weighted by Gasteiger charge is -2.12. The molecule has 2 N–H and O–H groups in total. The van der Waals surface area contributed by atoms with Crippen LogP contribution >= 0.6 is 0 Å². The number of hydrogen-bond donors (Lipinski definition) is 2. The molecule has 1 aromatic heterocycles. The first-order valence-electron chi connectivity index (χ1n) is 9.50. The van der Waals surface area contributed by atoms with Crippen molar-refractivity contribution in [1.29, 1.82) is 0 Å². The summed E-state index contributed by atoms with van der Waals surface area (Å²) in [6, 6.07) is 17.6. The molecule has 2 aromatic carbocycles. The lowest BCUT2D eigenvalue weighted by atomic mass is 10.1. The maximum Gasteiger partial charge on any atom is 0.272 e. The molecule has 0 fully saturated rings. The summed E-state index contributed by atoms with van der Waals surface area (Å²) in [4.78, 5) is 24.5. The predicted octanol–water partition coefficient (Wildman–Crippen LogP) is 2.24. The lowest BCUT2D eigenvalue weighted by Crippen LogP contribution is -2.37. The van der Waals surface area contributed by atoms with Crippen molar-refractivity contribution >= 4 is 11.8 Å². The summed E-state index contributed by atoms with van der Waals surface area (Å²) in [5.41, 5.74) is 2.65. The summed E-state index contributed by atoms with van der Waals surface area (Å²) < 4.78 is 15.4. The minimum absolute atomic E-state index is 0.00136. The van der Waals surface area contributed by atoms with Crippen molar-refractivity contribution in [2.24, 2.45) is 0 Å². The van der Waals surface area contributed by atoms with Gasteiger partial charge >= 0.3 is 0 Å². The number of fused-ring (bicyclic) bond motifs is 1. The van der Waals surface area contributed by atoms with Crippen molar-refractivity contribution in [3.8, 4) is 0 Å². The van der Waals surface area contributed by atoms with Crippen LogP contribution in [0.25, 0.3) is 0 Å². The maximum atomic E-state index is 13.7. The second kappa shape index (κ2) is 8.26. The lowest BCUT2D eigenvalue weighted by molar-refractivity contribution is -0.121. The van der Waals surface area contributed by atoms with Crippen LogP contribution in [0.15, 0.2) is 60.7 Å². The fraction of sp³-hybridized carbons (Fsp3) is 0.227. The smallest absolute Gasteiger partial charge is 0.272 e. The van der Waals surface area contributed by atoms with Crippen molar-refractivity contribution in [3.05, 3.63) is 89.0 Å². The molecule has 148 valence electrons. The fourth-order valence-corrected chi connectivity index (χ4v) is 3.47. The minimum atomic E-state index is -0.381. The molecule has 0 saturated heterocycles. The number of carbonyl (C=O) groups is 2. The first kappa shape index (κ1) is 18.9. The number of nitrogens with one attached hydrogen (secondary N) is 2. The van der Waals surface area contributed by atoms with Crippen LogP contribution in [0.5, 0.6) is 0 Å². The van der Waals surface area contributed by atoms with Crippen LogP contribution in [0.3, 0.4) is 0 Å². The molecule has 3 aromatic rings. The van der Waals surface area contributed by atoms with Crippen molar-refractivity contribution in [1.82, 2.24) is 20.4 Å². The first-order chi connectivity index (χ1) is 14.1. The molecule has 0 saturated carbocycles. The van der Waals surface area contributed by atoms with Gasteiger partial charge in [-0.3, -0.25) is 14.3 Å². The molecule has 1 atom stereocenters. The second-order valence-electron chi connectivity index (χ2n) is 7.11. The van der Waals surface area contributed by atoms with Gasteiger partial charge in [-0.1, -0.05) is 48.5 Å². The number of carbonyl (C=O) groups excluding carboxylic acids is 2. The van der Waals surface area contributed by atoms with E-state index in [1.165, 1.54) is 6.07 Å². The molecule has 0 spiro atoms. The Kier molecular flexibility index (Phi) is 5.37. The topological polar surface area (TPSA) is 76.0 Å². The summed E-state index contributed by atoms with van der Waals surface area (Å²) in [5, 5.41) is 10.1. The quantitative estimate of drug-likeness (QED) is 0.676. The number of halogens is 1. The third-order valence-corrected chi connectivity index (χ3v) is 4.91. The van der Waals surface area contributed by atoms with Crippen molar-refractivity contribution < 1.29 is 14.0 Å². The molecule has 2 amide bonds. The molecule has 0 bridgehead atoms. The van der Waals surface area contributed by atoms with E-state index in [4.69, 9.17) is 0 Å². The Morgan fingerprint density at radius 2 is 1.86 bits per heavy atom. The third-order valence-electron chi connectivity index (χ3n) is 4.91. The molecule has 1 unspecified atom stereocenters. The Morgan fingerprint density at radius 3 is 2.62 bits per heavy atom. The highest BCUT2D eigenvalue weighted by Gasteiger charge is 2.26. The summed E-state index contributed by atoms with van der Waals surface area (Å²) in [6.07, 6.45) is 0.584. The molecule has 6 nitrogen and oxygen atoms in total. The van der Waals surface area contributed by atoms with Gasteiger partial charge in [-0.15, -0.1) is 0 Å². The van der Waals surface area contributed by atoms with Crippen LogP contribution in [-0.4, -0.2) is 27.6 Å². The van der Waals surface area contributed by atoms with E-state index in [1.807, 2.05) is 30.3 Å². The number of rotatable bonds is 6. The van der Waals surface area contributed by atoms with Crippen LogP contribution in [0.2, 0.25) is 0 Å². The average Bonchev–Trinajstić information content (AvgIpc) is 3.27. The zero-order valence-electron chi connectivity index (χ0n) is 15.8. The van der Waals surface area contributed by atoms with E-state index in [0.29, 0.717) is 30.8 Å². The number of benzene rings is 2. The van der Waals surface area contributed by atoms with Gasteiger partial charge in [-0.25, -0.2) is 4.39 Å². The molecule has 1 aliphatic heterocycles. The number of amides is 2. The molecule has 0 aliphatic carbocycles. The molecule has 4 rings (SSSR count). The maximum absolute atomic E-state index is 13.7. The molecule has 0 radical (unpaired) electrons. The molecule has 1 aliphatic rings. The predicted molar refractivity (Wildman–Crippen MR) is 106 cm³/mol. The van der Waals surface area contributed by atoms with Gasteiger partial charge in [0.25, 0.3) is 5.91 Å². The minimum Gasteiger partial charge on any atom is -0.351 e. The van der Waals surface area contributed by atoms with Gasteiger partial charge in [0.1, 0.15) is 11.5 Å².